The van der Waals surface area contributed by atoms with Crippen LogP contribution in [0.5, 0.6) is 0 Å². The molecule has 6 aliphatic rings. The highest BCUT2D eigenvalue weighted by Crippen LogP contribution is 2.70. The molecule has 0 aromatic heterocycles. The van der Waals surface area contributed by atoms with E-state index in [2.05, 4.69) is 0 Å². The van der Waals surface area contributed by atoms with Crippen molar-refractivity contribution in [2.24, 2.45) is 28.6 Å². The molecule has 0 bridgehead atoms. The Morgan fingerprint density at radius 3 is 2.42 bits per heavy atom. The van der Waals surface area contributed by atoms with Crippen LogP contribution >= 0.6 is 0 Å². The summed E-state index contributed by atoms with van der Waals surface area (Å²) in [7, 11) is 0. The Morgan fingerprint density at radius 1 is 1.00 bits per heavy atom. The summed E-state index contributed by atoms with van der Waals surface area (Å²) in [5, 5.41) is 77.8. The van der Waals surface area contributed by atoms with Gasteiger partial charge in [0, 0.05) is 29.2 Å². The van der Waals surface area contributed by atoms with E-state index in [0.717, 1.165) is 5.57 Å². The van der Waals surface area contributed by atoms with E-state index in [1.54, 1.807) is 6.92 Å². The zero-order valence-electron chi connectivity index (χ0n) is 23.2. The molecule has 2 heterocycles. The number of esters is 1. The number of hydrogen-bond acceptors (Lipinski definition) is 11. The van der Waals surface area contributed by atoms with Crippen molar-refractivity contribution in [3.63, 3.8) is 0 Å². The molecule has 226 valence electrons. The number of aliphatic hydroxyl groups excluding tert-OH is 5. The molecule has 14 atom stereocenters. The quantitative estimate of drug-likeness (QED) is 0.171. The lowest BCUT2D eigenvalue weighted by Crippen LogP contribution is -2.72. The summed E-state index contributed by atoms with van der Waals surface area (Å²) in [6.45, 7) is 3.41. The molecule has 0 spiro atoms. The van der Waals surface area contributed by atoms with Gasteiger partial charge in [0.05, 0.1) is 36.1 Å². The number of ether oxygens (including phenoxy) is 3. The average Bonchev–Trinajstić information content (AvgIpc) is 3.45. The Hall–Kier alpha value is -1.15. The number of carbonyl (C=O) groups is 1. The summed E-state index contributed by atoms with van der Waals surface area (Å²) in [6, 6.07) is 0. The Labute approximate surface area is 233 Å². The molecule has 2 aliphatic heterocycles. The minimum absolute atomic E-state index is 0.104. The van der Waals surface area contributed by atoms with Gasteiger partial charge in [-0.3, -0.25) is 0 Å². The van der Waals surface area contributed by atoms with Gasteiger partial charge in [0.15, 0.2) is 6.29 Å². The molecule has 4 saturated carbocycles. The van der Waals surface area contributed by atoms with Gasteiger partial charge in [-0.1, -0.05) is 6.92 Å². The SMILES string of the molecule is C[C@@H]1O[C@H](O[C@@H]2CC[C@]3(CO)[C@H]4[C@H](O)C[C@]5(C)[C@H](C6=CC(=O)OC6)CC[C@]5(O)[C@@H]4CC[C@]3(O)C2)[C@H](O)[C@H](O)[C@@H]1O. The molecule has 0 unspecified atom stereocenters. The second-order valence-corrected chi connectivity index (χ2v) is 13.7. The summed E-state index contributed by atoms with van der Waals surface area (Å²) < 4.78 is 16.8. The summed E-state index contributed by atoms with van der Waals surface area (Å²) in [5.74, 6) is -1.38. The van der Waals surface area contributed by atoms with Crippen molar-refractivity contribution in [2.75, 3.05) is 13.2 Å². The van der Waals surface area contributed by atoms with E-state index in [0.29, 0.717) is 38.5 Å². The summed E-state index contributed by atoms with van der Waals surface area (Å²) in [5.41, 5.74) is -3.43. The zero-order chi connectivity index (χ0) is 28.8. The molecule has 1 saturated heterocycles. The first kappa shape index (κ1) is 28.9. The molecule has 0 aromatic carbocycles. The highest BCUT2D eigenvalue weighted by atomic mass is 16.7. The lowest BCUT2D eigenvalue weighted by Gasteiger charge is -2.67. The lowest BCUT2D eigenvalue weighted by molar-refractivity contribution is -0.327. The first-order chi connectivity index (χ1) is 18.8. The normalized spacial score (nSPS) is 56.1. The third kappa shape index (κ3) is 3.85. The van der Waals surface area contributed by atoms with Crippen LogP contribution < -0.4 is 0 Å². The third-order valence-corrected chi connectivity index (χ3v) is 12.1. The molecule has 4 aliphatic carbocycles. The molecule has 6 rings (SSSR count). The lowest BCUT2D eigenvalue weighted by atomic mass is 9.40. The van der Waals surface area contributed by atoms with Gasteiger partial charge in [0.1, 0.15) is 24.9 Å². The highest BCUT2D eigenvalue weighted by molar-refractivity contribution is 5.85. The molecule has 5 fully saturated rings. The molecule has 0 amide bonds. The van der Waals surface area contributed by atoms with Gasteiger partial charge in [0.2, 0.25) is 0 Å². The summed E-state index contributed by atoms with van der Waals surface area (Å²) >= 11 is 0. The Kier molecular flexibility index (Phi) is 7.01. The van der Waals surface area contributed by atoms with Crippen LogP contribution in [0.15, 0.2) is 11.6 Å². The van der Waals surface area contributed by atoms with Crippen molar-refractivity contribution in [1.82, 2.24) is 0 Å². The first-order valence-electron chi connectivity index (χ1n) is 14.8. The van der Waals surface area contributed by atoms with Crippen molar-refractivity contribution in [3.8, 4) is 0 Å². The topological polar surface area (TPSA) is 186 Å². The molecule has 40 heavy (non-hydrogen) atoms. The number of aliphatic hydroxyl groups is 7. The van der Waals surface area contributed by atoms with Crippen LogP contribution in [0, 0.1) is 28.6 Å². The maximum atomic E-state index is 12.4. The minimum Gasteiger partial charge on any atom is -0.458 e. The number of cyclic esters (lactones) is 1. The van der Waals surface area contributed by atoms with Gasteiger partial charge in [0.25, 0.3) is 0 Å². The van der Waals surface area contributed by atoms with E-state index in [1.807, 2.05) is 6.92 Å². The standard InChI is InChI=1S/C29H44O11/c1-14-22(33)23(34)24(35)25(39-14)40-16-3-6-27(13-30)21-18(4-7-28(27,36)10-16)29(37)8-5-17(15-9-20(32)38-12-15)26(29,2)11-19(21)31/h9,14,16-19,21-25,30-31,33-37H,3-8,10-13H2,1-2H3/t14-,16+,17-,18+,19+,21+,22+,23+,24+,25+,26+,27-,28-,29-/m0/s1. The summed E-state index contributed by atoms with van der Waals surface area (Å²) in [4.78, 5) is 11.8. The molecule has 0 radical (unpaired) electrons. The molecule has 7 N–H and O–H groups in total. The number of rotatable bonds is 4. The fraction of sp³-hybridized carbons (Fsp3) is 0.897. The van der Waals surface area contributed by atoms with E-state index in [-0.39, 0.29) is 43.9 Å². The van der Waals surface area contributed by atoms with Gasteiger partial charge >= 0.3 is 5.97 Å². The van der Waals surface area contributed by atoms with Crippen molar-refractivity contribution in [3.05, 3.63) is 11.6 Å². The zero-order valence-corrected chi connectivity index (χ0v) is 23.2. The van der Waals surface area contributed by atoms with Crippen molar-refractivity contribution < 1.29 is 54.8 Å². The molecule has 0 aromatic rings. The van der Waals surface area contributed by atoms with Gasteiger partial charge in [-0.2, -0.15) is 0 Å². The predicted molar refractivity (Wildman–Crippen MR) is 137 cm³/mol. The Bertz CT molecular complexity index is 1050. The van der Waals surface area contributed by atoms with E-state index >= 15 is 0 Å². The first-order valence-corrected chi connectivity index (χ1v) is 14.8. The van der Waals surface area contributed by atoms with Crippen molar-refractivity contribution >= 4 is 5.97 Å². The minimum atomic E-state index is -1.46. The smallest absolute Gasteiger partial charge is 0.331 e. The van der Waals surface area contributed by atoms with Gasteiger partial charge in [-0.25, -0.2) is 4.79 Å². The monoisotopic (exact) mass is 568 g/mol. The maximum absolute atomic E-state index is 12.4. The largest absolute Gasteiger partial charge is 0.458 e. The maximum Gasteiger partial charge on any atom is 0.331 e. The third-order valence-electron chi connectivity index (χ3n) is 12.1. The Morgan fingerprint density at radius 2 is 1.75 bits per heavy atom. The summed E-state index contributed by atoms with van der Waals surface area (Å²) in [6.07, 6.45) is -2.94. The fourth-order valence-electron chi connectivity index (χ4n) is 10.0. The average molecular weight is 569 g/mol. The molecule has 11 heteroatoms. The second-order valence-electron chi connectivity index (χ2n) is 13.7. The van der Waals surface area contributed by atoms with Crippen LogP contribution in [0.25, 0.3) is 0 Å². The second kappa shape index (κ2) is 9.68. The Balaban J connectivity index is 1.25. The van der Waals surface area contributed by atoms with Crippen molar-refractivity contribution in [2.45, 2.75) is 119 Å². The highest BCUT2D eigenvalue weighted by Gasteiger charge is 2.73. The van der Waals surface area contributed by atoms with E-state index in [1.165, 1.54) is 6.08 Å². The van der Waals surface area contributed by atoms with E-state index in [9.17, 15) is 40.5 Å². The van der Waals surface area contributed by atoms with Crippen LogP contribution in [-0.2, 0) is 19.0 Å². The van der Waals surface area contributed by atoms with Crippen LogP contribution in [0.2, 0.25) is 0 Å². The van der Waals surface area contributed by atoms with Gasteiger partial charge in [-0.15, -0.1) is 0 Å². The fourth-order valence-corrected chi connectivity index (χ4v) is 10.0. The molecule has 11 nitrogen and oxygen atoms in total. The number of fused-ring (bicyclic) bond motifs is 5. The van der Waals surface area contributed by atoms with Crippen LogP contribution in [0.1, 0.15) is 65.2 Å². The molecular formula is C29H44O11. The van der Waals surface area contributed by atoms with Crippen LogP contribution in [-0.4, -0.2) is 109 Å². The van der Waals surface area contributed by atoms with Crippen LogP contribution in [0.3, 0.4) is 0 Å². The number of carbonyl (C=O) groups excluding carboxylic acids is 1. The van der Waals surface area contributed by atoms with E-state index < -0.39 is 70.9 Å². The van der Waals surface area contributed by atoms with Gasteiger partial charge in [-0.05, 0) is 69.3 Å². The van der Waals surface area contributed by atoms with Gasteiger partial charge < -0.3 is 50.0 Å². The van der Waals surface area contributed by atoms with E-state index in [4.69, 9.17) is 14.2 Å². The van der Waals surface area contributed by atoms with Crippen molar-refractivity contribution in [1.29, 1.82) is 0 Å². The predicted octanol–water partition coefficient (Wildman–Crippen LogP) is -0.486. The number of hydrogen-bond donors (Lipinski definition) is 7. The molecular weight excluding hydrogens is 524 g/mol. The van der Waals surface area contributed by atoms with Crippen LogP contribution in [0.4, 0.5) is 0 Å².